The van der Waals surface area contributed by atoms with Gasteiger partial charge in [-0.15, -0.1) is 0 Å². The first-order valence-corrected chi connectivity index (χ1v) is 6.16. The molecule has 0 saturated heterocycles. The molecule has 2 unspecified atom stereocenters. The molecule has 1 heteroatoms. The van der Waals surface area contributed by atoms with Crippen LogP contribution in [0.1, 0.15) is 49.1 Å². The zero-order chi connectivity index (χ0) is 10.3. The van der Waals surface area contributed by atoms with Gasteiger partial charge in [-0.3, -0.25) is 0 Å². The van der Waals surface area contributed by atoms with Gasteiger partial charge in [0, 0.05) is 0 Å². The Morgan fingerprint density at radius 1 is 1.07 bits per heavy atom. The zero-order valence-electron chi connectivity index (χ0n) is 9.08. The van der Waals surface area contributed by atoms with E-state index < -0.39 is 0 Å². The van der Waals surface area contributed by atoms with Crippen molar-refractivity contribution in [3.63, 3.8) is 0 Å². The fraction of sp³-hybridized carbons (Fsp3) is 0.571. The van der Waals surface area contributed by atoms with Crippen molar-refractivity contribution in [3.8, 4) is 5.75 Å². The molecule has 0 heterocycles. The predicted molar refractivity (Wildman–Crippen MR) is 61.1 cm³/mol. The molecule has 1 fully saturated rings. The molecule has 0 aliphatic heterocycles. The molecule has 2 aliphatic carbocycles. The molecule has 3 rings (SSSR count). The highest BCUT2D eigenvalue weighted by molar-refractivity contribution is 5.39. The number of hydrogen-bond acceptors (Lipinski definition) is 1. The summed E-state index contributed by atoms with van der Waals surface area (Å²) >= 11 is 0. The number of benzene rings is 1. The third-order valence-electron chi connectivity index (χ3n) is 4.22. The minimum Gasteiger partial charge on any atom is -0.508 e. The Bertz CT molecular complexity index is 370. The van der Waals surface area contributed by atoms with Gasteiger partial charge in [0.2, 0.25) is 0 Å². The normalized spacial score (nSPS) is 29.3. The van der Waals surface area contributed by atoms with Crippen LogP contribution in [0.15, 0.2) is 18.2 Å². The van der Waals surface area contributed by atoms with Crippen LogP contribution in [0.2, 0.25) is 0 Å². The van der Waals surface area contributed by atoms with E-state index in [2.05, 4.69) is 6.07 Å². The van der Waals surface area contributed by atoms with Crippen molar-refractivity contribution in [1.29, 1.82) is 0 Å². The van der Waals surface area contributed by atoms with Crippen LogP contribution in [0.5, 0.6) is 5.75 Å². The number of fused-ring (bicyclic) bond motifs is 3. The van der Waals surface area contributed by atoms with E-state index in [1.807, 2.05) is 12.1 Å². The topological polar surface area (TPSA) is 20.2 Å². The van der Waals surface area contributed by atoms with Crippen LogP contribution in [-0.4, -0.2) is 5.11 Å². The number of aromatic hydroxyl groups is 1. The molecule has 1 nitrogen and oxygen atoms in total. The van der Waals surface area contributed by atoms with Crippen LogP contribution in [0.3, 0.4) is 0 Å². The first-order valence-electron chi connectivity index (χ1n) is 6.16. The molecular formula is C14H18O. The Hall–Kier alpha value is -0.980. The van der Waals surface area contributed by atoms with Crippen LogP contribution in [-0.2, 0) is 6.42 Å². The van der Waals surface area contributed by atoms with Gasteiger partial charge in [0.1, 0.15) is 5.75 Å². The van der Waals surface area contributed by atoms with Gasteiger partial charge in [-0.2, -0.15) is 0 Å². The Morgan fingerprint density at radius 2 is 1.93 bits per heavy atom. The first-order chi connectivity index (χ1) is 7.34. The standard InChI is InChI=1S/C14H18O/c15-12-7-8-14-11(9-12)6-5-10-3-1-2-4-13(10)14/h7-10,13,15H,1-6H2. The van der Waals surface area contributed by atoms with E-state index in [4.69, 9.17) is 0 Å². The lowest BCUT2D eigenvalue weighted by Crippen LogP contribution is -2.23. The molecule has 80 valence electrons. The van der Waals surface area contributed by atoms with Crippen molar-refractivity contribution in [3.05, 3.63) is 29.3 Å². The number of phenols is 1. The summed E-state index contributed by atoms with van der Waals surface area (Å²) in [6, 6.07) is 5.99. The van der Waals surface area contributed by atoms with E-state index >= 15 is 0 Å². The molecule has 2 atom stereocenters. The van der Waals surface area contributed by atoms with Crippen molar-refractivity contribution in [2.45, 2.75) is 44.4 Å². The molecular weight excluding hydrogens is 184 g/mol. The van der Waals surface area contributed by atoms with Gasteiger partial charge in [-0.1, -0.05) is 18.9 Å². The van der Waals surface area contributed by atoms with E-state index in [0.717, 1.165) is 11.8 Å². The number of rotatable bonds is 0. The van der Waals surface area contributed by atoms with Gasteiger partial charge in [-0.25, -0.2) is 0 Å². The molecule has 1 aromatic carbocycles. The van der Waals surface area contributed by atoms with E-state index in [9.17, 15) is 5.11 Å². The fourth-order valence-corrected chi connectivity index (χ4v) is 3.47. The molecule has 0 radical (unpaired) electrons. The predicted octanol–water partition coefficient (Wildman–Crippen LogP) is 3.61. The van der Waals surface area contributed by atoms with Gasteiger partial charge in [0.15, 0.2) is 0 Å². The summed E-state index contributed by atoms with van der Waals surface area (Å²) in [6.07, 6.45) is 8.11. The highest BCUT2D eigenvalue weighted by atomic mass is 16.3. The lowest BCUT2D eigenvalue weighted by Gasteiger charge is -2.37. The molecule has 0 spiro atoms. The third-order valence-corrected chi connectivity index (χ3v) is 4.22. The molecule has 1 saturated carbocycles. The molecule has 0 bridgehead atoms. The quantitative estimate of drug-likeness (QED) is 0.681. The Kier molecular flexibility index (Phi) is 2.19. The number of aryl methyl sites for hydroxylation is 1. The van der Waals surface area contributed by atoms with Crippen LogP contribution < -0.4 is 0 Å². The fourth-order valence-electron chi connectivity index (χ4n) is 3.47. The van der Waals surface area contributed by atoms with E-state index in [-0.39, 0.29) is 0 Å². The zero-order valence-corrected chi connectivity index (χ0v) is 9.08. The molecule has 1 N–H and O–H groups in total. The second-order valence-corrected chi connectivity index (χ2v) is 5.07. The number of hydrogen-bond donors (Lipinski definition) is 1. The maximum absolute atomic E-state index is 9.48. The first kappa shape index (κ1) is 9.26. The van der Waals surface area contributed by atoms with Gasteiger partial charge in [-0.05, 0) is 60.8 Å². The summed E-state index contributed by atoms with van der Waals surface area (Å²) in [5.74, 6) is 2.15. The SMILES string of the molecule is Oc1ccc2c(c1)CCC1CCCCC21. The maximum atomic E-state index is 9.48. The molecule has 0 aromatic heterocycles. The summed E-state index contributed by atoms with van der Waals surface area (Å²) in [6.45, 7) is 0. The largest absolute Gasteiger partial charge is 0.508 e. The Labute approximate surface area is 91.1 Å². The van der Waals surface area contributed by atoms with E-state index in [1.54, 1.807) is 0 Å². The maximum Gasteiger partial charge on any atom is 0.115 e. The van der Waals surface area contributed by atoms with E-state index in [0.29, 0.717) is 5.75 Å². The van der Waals surface area contributed by atoms with Gasteiger partial charge < -0.3 is 5.11 Å². The molecule has 1 aromatic rings. The van der Waals surface area contributed by atoms with Crippen LogP contribution in [0.4, 0.5) is 0 Å². The summed E-state index contributed by atoms with van der Waals surface area (Å²) in [5.41, 5.74) is 2.93. The minimum atomic E-state index is 0.433. The second-order valence-electron chi connectivity index (χ2n) is 5.07. The number of phenolic OH excluding ortho intramolecular Hbond substituents is 1. The smallest absolute Gasteiger partial charge is 0.115 e. The van der Waals surface area contributed by atoms with Crippen LogP contribution in [0, 0.1) is 5.92 Å². The summed E-state index contributed by atoms with van der Waals surface area (Å²) in [7, 11) is 0. The minimum absolute atomic E-state index is 0.433. The average Bonchev–Trinajstić information content (AvgIpc) is 2.28. The Morgan fingerprint density at radius 3 is 2.87 bits per heavy atom. The molecule has 2 aliphatic rings. The summed E-state index contributed by atoms with van der Waals surface area (Å²) in [5, 5.41) is 9.48. The van der Waals surface area contributed by atoms with Gasteiger partial charge in [0.05, 0.1) is 0 Å². The van der Waals surface area contributed by atoms with Crippen LogP contribution >= 0.6 is 0 Å². The molecule has 0 amide bonds. The third kappa shape index (κ3) is 1.54. The van der Waals surface area contributed by atoms with E-state index in [1.165, 1.54) is 49.7 Å². The summed E-state index contributed by atoms with van der Waals surface area (Å²) in [4.78, 5) is 0. The van der Waals surface area contributed by atoms with Crippen molar-refractivity contribution < 1.29 is 5.11 Å². The lowest BCUT2D eigenvalue weighted by molar-refractivity contribution is 0.275. The monoisotopic (exact) mass is 202 g/mol. The average molecular weight is 202 g/mol. The van der Waals surface area contributed by atoms with Crippen molar-refractivity contribution in [2.75, 3.05) is 0 Å². The van der Waals surface area contributed by atoms with Crippen LogP contribution in [0.25, 0.3) is 0 Å². The van der Waals surface area contributed by atoms with Gasteiger partial charge in [0.25, 0.3) is 0 Å². The highest BCUT2D eigenvalue weighted by Crippen LogP contribution is 2.45. The van der Waals surface area contributed by atoms with Crippen molar-refractivity contribution in [1.82, 2.24) is 0 Å². The Balaban J connectivity index is 1.99. The highest BCUT2D eigenvalue weighted by Gasteiger charge is 2.31. The van der Waals surface area contributed by atoms with Crippen molar-refractivity contribution >= 4 is 0 Å². The lowest BCUT2D eigenvalue weighted by atomic mass is 9.68. The van der Waals surface area contributed by atoms with Gasteiger partial charge >= 0.3 is 0 Å². The summed E-state index contributed by atoms with van der Waals surface area (Å²) < 4.78 is 0. The second kappa shape index (κ2) is 3.55. The molecule has 15 heavy (non-hydrogen) atoms. The van der Waals surface area contributed by atoms with Crippen molar-refractivity contribution in [2.24, 2.45) is 5.92 Å².